The third-order valence-electron chi connectivity index (χ3n) is 4.19. The predicted molar refractivity (Wildman–Crippen MR) is 137 cm³/mol. The molecule has 30 heavy (non-hydrogen) atoms. The number of nitrogens with one attached hydrogen (secondary N) is 2. The molecule has 0 aromatic carbocycles. The molecule has 0 saturated carbocycles. The lowest BCUT2D eigenvalue weighted by Crippen LogP contribution is -2.38. The second-order valence-corrected chi connectivity index (χ2v) is 8.30. The van der Waals surface area contributed by atoms with Crippen LogP contribution in [0.2, 0.25) is 5.15 Å². The lowest BCUT2D eigenvalue weighted by atomic mass is 10.2. The van der Waals surface area contributed by atoms with Gasteiger partial charge in [0.2, 0.25) is 0 Å². The summed E-state index contributed by atoms with van der Waals surface area (Å²) in [6, 6.07) is 3.81. The monoisotopic (exact) mass is 565 g/mol. The van der Waals surface area contributed by atoms with E-state index in [0.717, 1.165) is 67.9 Å². The summed E-state index contributed by atoms with van der Waals surface area (Å²) in [5.74, 6) is 2.45. The van der Waals surface area contributed by atoms with Crippen molar-refractivity contribution >= 4 is 53.3 Å². The Bertz CT molecular complexity index is 765. The molecule has 0 aliphatic heterocycles. The van der Waals surface area contributed by atoms with Crippen LogP contribution in [0.15, 0.2) is 28.5 Å². The Kier molecular flexibility index (Phi) is 13.3. The van der Waals surface area contributed by atoms with Gasteiger partial charge in [-0.25, -0.2) is 4.98 Å². The van der Waals surface area contributed by atoms with Gasteiger partial charge in [0.25, 0.3) is 0 Å². The Hall–Kier alpha value is -1.07. The Morgan fingerprint density at radius 2 is 2.03 bits per heavy atom. The molecular weight excluding hydrogens is 533 g/mol. The van der Waals surface area contributed by atoms with Crippen molar-refractivity contribution in [3.8, 4) is 0 Å². The molecule has 10 heteroatoms. The van der Waals surface area contributed by atoms with Gasteiger partial charge in [0.15, 0.2) is 11.1 Å². The molecule has 2 aromatic heterocycles. The summed E-state index contributed by atoms with van der Waals surface area (Å²) in [5.41, 5.74) is 1.15. The number of guanidine groups is 1. The fraction of sp³-hybridized carbons (Fsp3) is 0.600. The van der Waals surface area contributed by atoms with Gasteiger partial charge in [0.1, 0.15) is 11.0 Å². The van der Waals surface area contributed by atoms with Crippen LogP contribution in [0, 0.1) is 5.92 Å². The first-order chi connectivity index (χ1) is 14.0. The van der Waals surface area contributed by atoms with Crippen LogP contribution >= 0.6 is 47.3 Å². The van der Waals surface area contributed by atoms with Gasteiger partial charge in [-0.1, -0.05) is 43.3 Å². The minimum absolute atomic E-state index is 0. The smallest absolute Gasteiger partial charge is 0.191 e. The molecular formula is C20H33ClIN7S. The first kappa shape index (κ1) is 27.0. The van der Waals surface area contributed by atoms with E-state index < -0.39 is 0 Å². The van der Waals surface area contributed by atoms with Gasteiger partial charge in [-0.15, -0.1) is 34.2 Å². The summed E-state index contributed by atoms with van der Waals surface area (Å²) in [6.45, 7) is 9.80. The van der Waals surface area contributed by atoms with Crippen molar-refractivity contribution in [3.63, 3.8) is 0 Å². The lowest BCUT2D eigenvalue weighted by Gasteiger charge is -2.12. The number of thioether (sulfide) groups is 1. The first-order valence-electron chi connectivity index (χ1n) is 10.1. The summed E-state index contributed by atoms with van der Waals surface area (Å²) >= 11 is 7.48. The van der Waals surface area contributed by atoms with Crippen molar-refractivity contribution in [2.45, 2.75) is 51.7 Å². The molecule has 0 spiro atoms. The average molecular weight is 566 g/mol. The number of hydrogen-bond acceptors (Lipinski definition) is 5. The van der Waals surface area contributed by atoms with E-state index in [1.165, 1.54) is 0 Å². The molecule has 0 aliphatic carbocycles. The molecule has 2 aromatic rings. The number of aryl methyl sites for hydroxylation is 1. The van der Waals surface area contributed by atoms with E-state index in [1.54, 1.807) is 11.8 Å². The number of nitrogens with zero attached hydrogens (tertiary/aromatic N) is 5. The molecule has 2 rings (SSSR count). The number of aromatic nitrogens is 4. The highest BCUT2D eigenvalue weighted by Gasteiger charge is 2.12. The van der Waals surface area contributed by atoms with E-state index in [-0.39, 0.29) is 24.0 Å². The molecule has 0 saturated heterocycles. The van der Waals surface area contributed by atoms with Crippen molar-refractivity contribution in [2.24, 2.45) is 10.9 Å². The normalized spacial score (nSPS) is 11.5. The summed E-state index contributed by atoms with van der Waals surface area (Å²) in [7, 11) is 0. The summed E-state index contributed by atoms with van der Waals surface area (Å²) in [5, 5.41) is 16.9. The molecule has 0 bridgehead atoms. The number of halogens is 2. The molecule has 0 fully saturated rings. The van der Waals surface area contributed by atoms with Crippen LogP contribution in [0.5, 0.6) is 0 Å². The van der Waals surface area contributed by atoms with Crippen molar-refractivity contribution < 1.29 is 0 Å². The van der Waals surface area contributed by atoms with E-state index in [1.807, 2.05) is 24.6 Å². The summed E-state index contributed by atoms with van der Waals surface area (Å²) in [4.78, 5) is 8.80. The molecule has 0 aliphatic rings. The minimum atomic E-state index is 0. The maximum Gasteiger partial charge on any atom is 0.191 e. The van der Waals surface area contributed by atoms with Crippen molar-refractivity contribution in [1.29, 1.82) is 0 Å². The topological polar surface area (TPSA) is 80.0 Å². The first-order valence-corrected chi connectivity index (χ1v) is 11.7. The Morgan fingerprint density at radius 3 is 2.67 bits per heavy atom. The van der Waals surface area contributed by atoms with Gasteiger partial charge in [-0.05, 0) is 43.6 Å². The summed E-state index contributed by atoms with van der Waals surface area (Å²) < 4.78 is 2.24. The maximum absolute atomic E-state index is 5.83. The van der Waals surface area contributed by atoms with E-state index in [2.05, 4.69) is 56.1 Å². The zero-order valence-corrected chi connectivity index (χ0v) is 22.1. The molecule has 0 amide bonds. The van der Waals surface area contributed by atoms with Gasteiger partial charge in [0.05, 0.1) is 0 Å². The highest BCUT2D eigenvalue weighted by atomic mass is 127. The Balaban J connectivity index is 0.00000450. The molecule has 168 valence electrons. The molecule has 0 radical (unpaired) electrons. The van der Waals surface area contributed by atoms with Gasteiger partial charge in [-0.3, -0.25) is 4.99 Å². The van der Waals surface area contributed by atoms with Gasteiger partial charge in [0, 0.05) is 38.8 Å². The zero-order chi connectivity index (χ0) is 21.1. The predicted octanol–water partition coefficient (Wildman–Crippen LogP) is 4.05. The molecule has 7 nitrogen and oxygen atoms in total. The third-order valence-corrected chi connectivity index (χ3v) is 5.08. The van der Waals surface area contributed by atoms with Crippen molar-refractivity contribution in [3.05, 3.63) is 34.9 Å². The molecule has 0 atom stereocenters. The molecule has 2 N–H and O–H groups in total. The van der Waals surface area contributed by atoms with E-state index in [4.69, 9.17) is 11.6 Å². The molecule has 0 unspecified atom stereocenters. The van der Waals surface area contributed by atoms with Crippen molar-refractivity contribution in [1.82, 2.24) is 30.4 Å². The third kappa shape index (κ3) is 9.38. The second-order valence-electron chi connectivity index (χ2n) is 7.14. The van der Waals surface area contributed by atoms with Gasteiger partial charge in [-0.2, -0.15) is 0 Å². The number of pyridine rings is 1. The highest BCUT2D eigenvalue weighted by Crippen LogP contribution is 2.16. The standard InChI is InChI=1S/C20H32ClN7S.HI/c1-5-22-19(24-12-10-16-8-9-17(21)25-13-16)23-11-6-7-18-26-27-20(29-4)28(18)14-15(2)3;/h8-9,13,15H,5-7,10-12,14H2,1-4H3,(H2,22,23,24);1H. The van der Waals surface area contributed by atoms with Gasteiger partial charge >= 0.3 is 0 Å². The fourth-order valence-corrected chi connectivity index (χ4v) is 3.49. The fourth-order valence-electron chi connectivity index (χ4n) is 2.85. The number of rotatable bonds is 11. The number of aliphatic imine (C=N–C) groups is 1. The van der Waals surface area contributed by atoms with Crippen LogP contribution in [0.4, 0.5) is 0 Å². The van der Waals surface area contributed by atoms with Crippen molar-refractivity contribution in [2.75, 3.05) is 25.9 Å². The lowest BCUT2D eigenvalue weighted by molar-refractivity contribution is 0.477. The molecule has 2 heterocycles. The summed E-state index contributed by atoms with van der Waals surface area (Å²) in [6.07, 6.45) is 6.53. The van der Waals surface area contributed by atoms with Crippen LogP contribution < -0.4 is 10.6 Å². The van der Waals surface area contributed by atoms with Gasteiger partial charge < -0.3 is 15.2 Å². The van der Waals surface area contributed by atoms with Crippen LogP contribution in [0.1, 0.15) is 38.6 Å². The van der Waals surface area contributed by atoms with E-state index >= 15 is 0 Å². The maximum atomic E-state index is 5.83. The quantitative estimate of drug-likeness (QED) is 0.107. The van der Waals surface area contributed by atoms with E-state index in [0.29, 0.717) is 11.1 Å². The Labute approximate surface area is 206 Å². The Morgan fingerprint density at radius 1 is 1.23 bits per heavy atom. The largest absolute Gasteiger partial charge is 0.357 e. The van der Waals surface area contributed by atoms with Crippen LogP contribution in [0.3, 0.4) is 0 Å². The zero-order valence-electron chi connectivity index (χ0n) is 18.2. The average Bonchev–Trinajstić information content (AvgIpc) is 3.07. The minimum Gasteiger partial charge on any atom is -0.357 e. The van der Waals surface area contributed by atoms with E-state index in [9.17, 15) is 0 Å². The van der Waals surface area contributed by atoms with Crippen LogP contribution in [-0.2, 0) is 19.4 Å². The highest BCUT2D eigenvalue weighted by molar-refractivity contribution is 14.0. The van der Waals surface area contributed by atoms with Crippen LogP contribution in [-0.4, -0.2) is 51.6 Å². The van der Waals surface area contributed by atoms with Crippen LogP contribution in [0.25, 0.3) is 0 Å². The number of hydrogen-bond donors (Lipinski definition) is 2. The SMILES string of the molecule is CCNC(=NCCCc1nnc(SC)n1CC(C)C)NCCc1ccc(Cl)nc1.I. The second kappa shape index (κ2) is 14.9.